The molecule has 1 N–H and O–H groups in total. The van der Waals surface area contributed by atoms with Gasteiger partial charge in [-0.3, -0.25) is 4.79 Å². The Morgan fingerprint density at radius 1 is 1.27 bits per heavy atom. The van der Waals surface area contributed by atoms with Crippen LogP contribution in [0.15, 0.2) is 57.6 Å². The van der Waals surface area contributed by atoms with Crippen molar-refractivity contribution in [3.05, 3.63) is 63.6 Å². The minimum absolute atomic E-state index is 0.109. The van der Waals surface area contributed by atoms with Crippen LogP contribution in [0.25, 0.3) is 0 Å². The van der Waals surface area contributed by atoms with Gasteiger partial charge in [0.15, 0.2) is 0 Å². The second kappa shape index (κ2) is 8.58. The zero-order valence-corrected chi connectivity index (χ0v) is 16.7. The number of amides is 1. The summed E-state index contributed by atoms with van der Waals surface area (Å²) >= 11 is 9.47. The number of carbonyl (C=O) groups is 1. The van der Waals surface area contributed by atoms with Crippen LogP contribution in [0.1, 0.15) is 10.7 Å². The fourth-order valence-electron chi connectivity index (χ4n) is 2.29. The number of carbonyl (C=O) groups excluding carboxylic acids is 1. The van der Waals surface area contributed by atoms with Gasteiger partial charge in [-0.2, -0.15) is 0 Å². The molecule has 0 fully saturated rings. The third-order valence-electron chi connectivity index (χ3n) is 3.51. The van der Waals surface area contributed by atoms with Crippen LogP contribution in [0.4, 0.5) is 5.69 Å². The van der Waals surface area contributed by atoms with Gasteiger partial charge in [0.2, 0.25) is 5.91 Å². The quantitative estimate of drug-likeness (QED) is 0.593. The first-order valence-electron chi connectivity index (χ1n) is 7.86. The van der Waals surface area contributed by atoms with E-state index < -0.39 is 0 Å². The molecule has 134 valence electrons. The third kappa shape index (κ3) is 5.00. The average Bonchev–Trinajstić information content (AvgIpc) is 3.02. The van der Waals surface area contributed by atoms with Gasteiger partial charge in [0.05, 0.1) is 29.3 Å². The van der Waals surface area contributed by atoms with Gasteiger partial charge in [-0.1, -0.05) is 23.4 Å². The van der Waals surface area contributed by atoms with E-state index in [9.17, 15) is 4.79 Å². The smallest absolute Gasteiger partial charge is 0.230 e. The van der Waals surface area contributed by atoms with Crippen molar-refractivity contribution in [3.8, 4) is 5.75 Å². The number of hydrogen-bond acceptors (Lipinski definition) is 5. The molecule has 4 nitrogen and oxygen atoms in total. The molecule has 0 spiro atoms. The molecule has 2 aromatic carbocycles. The number of thiazole rings is 1. The lowest BCUT2D eigenvalue weighted by atomic mass is 10.3. The minimum Gasteiger partial charge on any atom is -0.497 e. The molecule has 0 saturated heterocycles. The van der Waals surface area contributed by atoms with Gasteiger partial charge >= 0.3 is 0 Å². The molecule has 1 heterocycles. The van der Waals surface area contributed by atoms with E-state index in [4.69, 9.17) is 16.3 Å². The molecule has 1 aromatic heterocycles. The van der Waals surface area contributed by atoms with Crippen LogP contribution >= 0.6 is 34.7 Å². The molecule has 0 unspecified atom stereocenters. The number of benzene rings is 2. The van der Waals surface area contributed by atoms with Gasteiger partial charge in [-0.15, -0.1) is 11.3 Å². The Balaban J connectivity index is 1.63. The summed E-state index contributed by atoms with van der Waals surface area (Å²) in [6, 6.07) is 13.3. The number of hydrogen-bond donors (Lipinski definition) is 1. The SMILES string of the molecule is COc1ccc(Sc2ccc(NC(=O)Cc3csc(C)n3)cc2Cl)cc1. The van der Waals surface area contributed by atoms with E-state index in [0.717, 1.165) is 26.2 Å². The third-order valence-corrected chi connectivity index (χ3v) is 5.84. The molecule has 0 aliphatic heterocycles. The van der Waals surface area contributed by atoms with Crippen molar-refractivity contribution in [2.45, 2.75) is 23.1 Å². The van der Waals surface area contributed by atoms with E-state index in [0.29, 0.717) is 10.7 Å². The topological polar surface area (TPSA) is 51.2 Å². The van der Waals surface area contributed by atoms with Crippen LogP contribution < -0.4 is 10.1 Å². The number of halogens is 1. The molecule has 0 atom stereocenters. The van der Waals surface area contributed by atoms with E-state index in [1.807, 2.05) is 48.7 Å². The highest BCUT2D eigenvalue weighted by Gasteiger charge is 2.09. The Labute approximate surface area is 165 Å². The number of nitrogens with zero attached hydrogens (tertiary/aromatic N) is 1. The van der Waals surface area contributed by atoms with Crippen molar-refractivity contribution in [1.82, 2.24) is 4.98 Å². The van der Waals surface area contributed by atoms with Crippen LogP contribution in [-0.2, 0) is 11.2 Å². The van der Waals surface area contributed by atoms with E-state index in [1.165, 1.54) is 11.3 Å². The average molecular weight is 405 g/mol. The van der Waals surface area contributed by atoms with Gasteiger partial charge < -0.3 is 10.1 Å². The van der Waals surface area contributed by atoms with E-state index >= 15 is 0 Å². The second-order valence-electron chi connectivity index (χ2n) is 5.51. The fraction of sp³-hybridized carbons (Fsp3) is 0.158. The summed E-state index contributed by atoms with van der Waals surface area (Å²) in [4.78, 5) is 18.4. The summed E-state index contributed by atoms with van der Waals surface area (Å²) in [7, 11) is 1.64. The maximum Gasteiger partial charge on any atom is 0.230 e. The van der Waals surface area contributed by atoms with E-state index in [2.05, 4.69) is 10.3 Å². The van der Waals surface area contributed by atoms with Gasteiger partial charge in [0, 0.05) is 20.9 Å². The predicted octanol–water partition coefficient (Wildman–Crippen LogP) is 5.45. The summed E-state index contributed by atoms with van der Waals surface area (Å²) in [5.41, 5.74) is 1.45. The normalized spacial score (nSPS) is 10.6. The van der Waals surface area contributed by atoms with Gasteiger partial charge in [-0.05, 0) is 49.4 Å². The van der Waals surface area contributed by atoms with Crippen LogP contribution in [0.5, 0.6) is 5.75 Å². The maximum atomic E-state index is 12.1. The van der Waals surface area contributed by atoms with Gasteiger partial charge in [0.1, 0.15) is 5.75 Å². The van der Waals surface area contributed by atoms with Crippen LogP contribution in [-0.4, -0.2) is 18.0 Å². The second-order valence-corrected chi connectivity index (χ2v) is 8.09. The summed E-state index contributed by atoms with van der Waals surface area (Å²) in [5, 5.41) is 6.31. The van der Waals surface area contributed by atoms with Crippen molar-refractivity contribution in [1.29, 1.82) is 0 Å². The molecule has 3 rings (SSSR count). The molecule has 26 heavy (non-hydrogen) atoms. The molecule has 1 amide bonds. The highest BCUT2D eigenvalue weighted by atomic mass is 35.5. The van der Waals surface area contributed by atoms with Crippen LogP contribution in [0.2, 0.25) is 5.02 Å². The zero-order chi connectivity index (χ0) is 18.5. The number of aryl methyl sites for hydroxylation is 1. The Morgan fingerprint density at radius 2 is 2.04 bits per heavy atom. The summed E-state index contributed by atoms with van der Waals surface area (Å²) in [6.07, 6.45) is 0.254. The van der Waals surface area contributed by atoms with Crippen LogP contribution in [0, 0.1) is 6.92 Å². The first-order chi connectivity index (χ1) is 12.5. The van der Waals surface area contributed by atoms with Gasteiger partial charge in [0.25, 0.3) is 0 Å². The monoisotopic (exact) mass is 404 g/mol. The molecule has 0 aliphatic rings. The largest absolute Gasteiger partial charge is 0.497 e. The lowest BCUT2D eigenvalue weighted by molar-refractivity contribution is -0.115. The number of methoxy groups -OCH3 is 1. The predicted molar refractivity (Wildman–Crippen MR) is 108 cm³/mol. The first-order valence-corrected chi connectivity index (χ1v) is 9.93. The molecule has 0 saturated carbocycles. The lowest BCUT2D eigenvalue weighted by Gasteiger charge is -2.09. The summed E-state index contributed by atoms with van der Waals surface area (Å²) in [5.74, 6) is 0.704. The highest BCUT2D eigenvalue weighted by Crippen LogP contribution is 2.35. The minimum atomic E-state index is -0.109. The van der Waals surface area contributed by atoms with Crippen molar-refractivity contribution in [3.63, 3.8) is 0 Å². The summed E-state index contributed by atoms with van der Waals surface area (Å²) in [6.45, 7) is 1.92. The molecule has 0 aliphatic carbocycles. The molecular formula is C19H17ClN2O2S2. The lowest BCUT2D eigenvalue weighted by Crippen LogP contribution is -2.14. The molecular weight excluding hydrogens is 388 g/mol. The van der Waals surface area contributed by atoms with Crippen molar-refractivity contribution >= 4 is 46.3 Å². The number of aromatic nitrogens is 1. The molecule has 7 heteroatoms. The van der Waals surface area contributed by atoms with E-state index in [-0.39, 0.29) is 12.3 Å². The first kappa shape index (κ1) is 18.8. The maximum absolute atomic E-state index is 12.1. The Bertz CT molecular complexity index is 910. The fourth-order valence-corrected chi connectivity index (χ4v) is 4.02. The number of anilines is 1. The van der Waals surface area contributed by atoms with Crippen molar-refractivity contribution in [2.24, 2.45) is 0 Å². The Morgan fingerprint density at radius 3 is 2.65 bits per heavy atom. The van der Waals surface area contributed by atoms with E-state index in [1.54, 1.807) is 24.9 Å². The number of nitrogens with one attached hydrogen (secondary N) is 1. The number of rotatable bonds is 6. The molecule has 0 radical (unpaired) electrons. The van der Waals surface area contributed by atoms with Crippen LogP contribution in [0.3, 0.4) is 0 Å². The standard InChI is InChI=1S/C19H17ClN2O2S2/c1-12-21-14(11-25-12)10-19(23)22-13-3-8-18(17(20)9-13)26-16-6-4-15(24-2)5-7-16/h3-9,11H,10H2,1-2H3,(H,22,23). The summed E-state index contributed by atoms with van der Waals surface area (Å²) < 4.78 is 5.16. The zero-order valence-electron chi connectivity index (χ0n) is 14.3. The number of ether oxygens (including phenoxy) is 1. The Kier molecular flexibility index (Phi) is 6.19. The highest BCUT2D eigenvalue weighted by molar-refractivity contribution is 7.99. The van der Waals surface area contributed by atoms with Crippen molar-refractivity contribution in [2.75, 3.05) is 12.4 Å². The Hall–Kier alpha value is -2.02. The molecule has 0 bridgehead atoms. The molecule has 3 aromatic rings. The van der Waals surface area contributed by atoms with Gasteiger partial charge in [-0.25, -0.2) is 4.98 Å². The van der Waals surface area contributed by atoms with Crippen molar-refractivity contribution < 1.29 is 9.53 Å².